The van der Waals surface area contributed by atoms with Crippen LogP contribution in [0.25, 0.3) is 0 Å². The molecule has 0 saturated heterocycles. The van der Waals surface area contributed by atoms with Crippen LogP contribution in [0.4, 0.5) is 0 Å². The van der Waals surface area contributed by atoms with E-state index in [1.807, 2.05) is 13.8 Å². The van der Waals surface area contributed by atoms with E-state index in [1.165, 1.54) is 32.1 Å². The van der Waals surface area contributed by atoms with Crippen molar-refractivity contribution in [3.63, 3.8) is 0 Å². The van der Waals surface area contributed by atoms with Gasteiger partial charge in [-0.1, -0.05) is 47.0 Å². The maximum absolute atomic E-state index is 4.60. The van der Waals surface area contributed by atoms with Gasteiger partial charge in [-0.2, -0.15) is 12.6 Å². The molecule has 12 heavy (non-hydrogen) atoms. The van der Waals surface area contributed by atoms with E-state index >= 15 is 0 Å². The maximum atomic E-state index is 4.60. The van der Waals surface area contributed by atoms with Crippen LogP contribution in [0.2, 0.25) is 0 Å². The summed E-state index contributed by atoms with van der Waals surface area (Å²) < 4.78 is 0.264. The molecule has 0 aromatic carbocycles. The van der Waals surface area contributed by atoms with Crippen molar-refractivity contribution in [2.75, 3.05) is 0 Å². The Bertz CT molecular complexity index is 96.1. The Morgan fingerprint density at radius 1 is 1.00 bits per heavy atom. The molecule has 0 aromatic rings. The normalized spacial score (nSPS) is 19.8. The Morgan fingerprint density at radius 2 is 1.42 bits per heavy atom. The summed E-state index contributed by atoms with van der Waals surface area (Å²) in [5.74, 6) is 0.865. The van der Waals surface area contributed by atoms with Crippen molar-refractivity contribution < 1.29 is 0 Å². The summed E-state index contributed by atoms with van der Waals surface area (Å²) in [6.45, 7) is 8.48. The maximum Gasteiger partial charge on any atom is 0.0101 e. The Hall–Kier alpha value is 0.350. The summed E-state index contributed by atoms with van der Waals surface area (Å²) in [6.07, 6.45) is 7.09. The molecule has 0 radical (unpaired) electrons. The van der Waals surface area contributed by atoms with Crippen molar-refractivity contribution >= 4 is 12.6 Å². The molecule has 1 heteroatoms. The summed E-state index contributed by atoms with van der Waals surface area (Å²) >= 11 is 4.60. The fraction of sp³-hybridized carbons (Fsp3) is 1.00. The van der Waals surface area contributed by atoms with Gasteiger partial charge in [0.15, 0.2) is 0 Å². The molecule has 1 aliphatic carbocycles. The highest BCUT2D eigenvalue weighted by molar-refractivity contribution is 7.81. The monoisotopic (exact) mass is 188 g/mol. The van der Waals surface area contributed by atoms with E-state index in [2.05, 4.69) is 26.5 Å². The number of rotatable bonds is 1. The van der Waals surface area contributed by atoms with Gasteiger partial charge < -0.3 is 0 Å². The predicted octanol–water partition coefficient (Wildman–Crippen LogP) is 4.30. The molecule has 0 N–H and O–H groups in total. The van der Waals surface area contributed by atoms with Gasteiger partial charge in [-0.15, -0.1) is 0 Å². The predicted molar refractivity (Wildman–Crippen MR) is 61.0 cm³/mol. The van der Waals surface area contributed by atoms with E-state index in [1.54, 1.807) is 0 Å². The van der Waals surface area contributed by atoms with Gasteiger partial charge in [0.2, 0.25) is 0 Å². The molecule has 1 saturated carbocycles. The summed E-state index contributed by atoms with van der Waals surface area (Å²) in [5.41, 5.74) is 0. The Morgan fingerprint density at radius 3 is 1.67 bits per heavy atom. The van der Waals surface area contributed by atoms with Gasteiger partial charge in [0.05, 0.1) is 0 Å². The highest BCUT2D eigenvalue weighted by Gasteiger charge is 2.26. The molecule has 0 aromatic heterocycles. The van der Waals surface area contributed by atoms with Crippen molar-refractivity contribution in [1.29, 1.82) is 0 Å². The molecular formula is C11H24S. The first-order chi connectivity index (χ1) is 5.61. The van der Waals surface area contributed by atoms with Crippen molar-refractivity contribution in [1.82, 2.24) is 0 Å². The smallest absolute Gasteiger partial charge is 0.0101 e. The average molecular weight is 188 g/mol. The molecule has 0 spiro atoms. The molecule has 1 fully saturated rings. The fourth-order valence-corrected chi connectivity index (χ4v) is 2.07. The van der Waals surface area contributed by atoms with Crippen molar-refractivity contribution in [3.8, 4) is 0 Å². The second-order valence-corrected chi connectivity index (χ2v) is 5.14. The summed E-state index contributed by atoms with van der Waals surface area (Å²) in [6, 6.07) is 0. The summed E-state index contributed by atoms with van der Waals surface area (Å²) in [4.78, 5) is 0. The molecule has 0 heterocycles. The highest BCUT2D eigenvalue weighted by Crippen LogP contribution is 2.35. The molecule has 74 valence electrons. The quantitative estimate of drug-likeness (QED) is 0.583. The average Bonchev–Trinajstić information content (AvgIpc) is 2.08. The number of thiol groups is 1. The minimum absolute atomic E-state index is 0.264. The third-order valence-corrected chi connectivity index (χ3v) is 2.97. The molecule has 0 atom stereocenters. The molecule has 0 amide bonds. The Labute approximate surface area is 83.5 Å². The van der Waals surface area contributed by atoms with Gasteiger partial charge in [0.1, 0.15) is 0 Å². The highest BCUT2D eigenvalue weighted by atomic mass is 32.1. The standard InChI is InChI=1S/C9H18S.C2H6/c1-9(2,10)8-6-4-3-5-7-8;1-2/h8,10H,3-7H2,1-2H3;1-2H3. The molecule has 0 unspecified atom stereocenters. The Balaban J connectivity index is 0.000000561. The molecular weight excluding hydrogens is 164 g/mol. The van der Waals surface area contributed by atoms with Crippen LogP contribution in [-0.4, -0.2) is 4.75 Å². The second kappa shape index (κ2) is 5.90. The van der Waals surface area contributed by atoms with Crippen LogP contribution in [0, 0.1) is 5.92 Å². The number of hydrogen-bond donors (Lipinski definition) is 1. The SMILES string of the molecule is CC.CC(C)(S)C1CCCCC1. The van der Waals surface area contributed by atoms with Crippen LogP contribution in [0.5, 0.6) is 0 Å². The minimum atomic E-state index is 0.264. The van der Waals surface area contributed by atoms with Gasteiger partial charge in [-0.3, -0.25) is 0 Å². The lowest BCUT2D eigenvalue weighted by molar-refractivity contribution is 0.305. The van der Waals surface area contributed by atoms with Gasteiger partial charge in [0.25, 0.3) is 0 Å². The van der Waals surface area contributed by atoms with E-state index < -0.39 is 0 Å². The first-order valence-electron chi connectivity index (χ1n) is 5.33. The van der Waals surface area contributed by atoms with Crippen molar-refractivity contribution in [3.05, 3.63) is 0 Å². The molecule has 0 aliphatic heterocycles. The molecule has 0 bridgehead atoms. The lowest BCUT2D eigenvalue weighted by Gasteiger charge is -2.32. The zero-order valence-corrected chi connectivity index (χ0v) is 9.95. The van der Waals surface area contributed by atoms with Gasteiger partial charge in [-0.25, -0.2) is 0 Å². The van der Waals surface area contributed by atoms with E-state index in [-0.39, 0.29) is 4.75 Å². The fourth-order valence-electron chi connectivity index (χ4n) is 1.81. The number of hydrogen-bond acceptors (Lipinski definition) is 1. The van der Waals surface area contributed by atoms with E-state index in [9.17, 15) is 0 Å². The largest absolute Gasteiger partial charge is 0.173 e. The van der Waals surface area contributed by atoms with E-state index in [0.717, 1.165) is 5.92 Å². The topological polar surface area (TPSA) is 0 Å². The lowest BCUT2D eigenvalue weighted by Crippen LogP contribution is -2.26. The van der Waals surface area contributed by atoms with Crippen LogP contribution in [-0.2, 0) is 0 Å². The van der Waals surface area contributed by atoms with Crippen LogP contribution in [0.1, 0.15) is 59.8 Å². The molecule has 0 nitrogen and oxygen atoms in total. The van der Waals surface area contributed by atoms with E-state index in [4.69, 9.17) is 0 Å². The van der Waals surface area contributed by atoms with Crippen LogP contribution in [0.15, 0.2) is 0 Å². The first-order valence-corrected chi connectivity index (χ1v) is 5.78. The third-order valence-electron chi connectivity index (χ3n) is 2.60. The zero-order valence-electron chi connectivity index (χ0n) is 9.06. The first kappa shape index (κ1) is 12.3. The van der Waals surface area contributed by atoms with Crippen molar-refractivity contribution in [2.24, 2.45) is 5.92 Å². The van der Waals surface area contributed by atoms with Crippen LogP contribution < -0.4 is 0 Å². The molecule has 1 rings (SSSR count). The van der Waals surface area contributed by atoms with Crippen LogP contribution in [0.3, 0.4) is 0 Å². The second-order valence-electron chi connectivity index (χ2n) is 3.99. The third kappa shape index (κ3) is 4.39. The summed E-state index contributed by atoms with van der Waals surface area (Å²) in [7, 11) is 0. The Kier molecular flexibility index (Phi) is 6.08. The van der Waals surface area contributed by atoms with Gasteiger partial charge in [-0.05, 0) is 18.8 Å². The summed E-state index contributed by atoms with van der Waals surface area (Å²) in [5, 5.41) is 0. The zero-order chi connectivity index (χ0) is 9.61. The van der Waals surface area contributed by atoms with E-state index in [0.29, 0.717) is 0 Å². The van der Waals surface area contributed by atoms with Crippen molar-refractivity contribution in [2.45, 2.75) is 64.5 Å². The van der Waals surface area contributed by atoms with Gasteiger partial charge >= 0.3 is 0 Å². The lowest BCUT2D eigenvalue weighted by atomic mass is 9.81. The van der Waals surface area contributed by atoms with Gasteiger partial charge in [0, 0.05) is 4.75 Å². The molecule has 1 aliphatic rings. The van der Waals surface area contributed by atoms with Crippen LogP contribution >= 0.6 is 12.6 Å². The minimum Gasteiger partial charge on any atom is -0.173 e.